The van der Waals surface area contributed by atoms with E-state index in [1.807, 2.05) is 66.0 Å². The summed E-state index contributed by atoms with van der Waals surface area (Å²) in [6, 6.07) is 19.7. The van der Waals surface area contributed by atoms with Crippen molar-refractivity contribution in [2.24, 2.45) is 0 Å². The number of hydrogen-bond acceptors (Lipinski definition) is 4. The summed E-state index contributed by atoms with van der Waals surface area (Å²) in [5.41, 5.74) is 3.65. The van der Waals surface area contributed by atoms with E-state index in [9.17, 15) is 4.79 Å². The fraction of sp³-hybridized carbons (Fsp3) is 0.0500. The van der Waals surface area contributed by atoms with E-state index in [1.54, 1.807) is 4.68 Å². The van der Waals surface area contributed by atoms with Gasteiger partial charge < -0.3 is 5.32 Å². The average Bonchev–Trinajstić information content (AvgIpc) is 3.30. The molecule has 0 saturated heterocycles. The molecule has 0 atom stereocenters. The van der Waals surface area contributed by atoms with Crippen molar-refractivity contribution in [1.82, 2.24) is 14.8 Å². The zero-order valence-electron chi connectivity index (χ0n) is 14.4. The van der Waals surface area contributed by atoms with Crippen LogP contribution in [-0.2, 0) is 4.79 Å². The molecular formula is C20H15BrN4OS. The summed E-state index contributed by atoms with van der Waals surface area (Å²) in [5, 5.41) is 10.2. The van der Waals surface area contributed by atoms with Gasteiger partial charge in [-0.05, 0) is 12.1 Å². The van der Waals surface area contributed by atoms with Gasteiger partial charge in [0.1, 0.15) is 5.82 Å². The van der Waals surface area contributed by atoms with Gasteiger partial charge in [-0.2, -0.15) is 9.78 Å². The molecule has 0 fully saturated rings. The number of amides is 1. The Morgan fingerprint density at radius 1 is 1.04 bits per heavy atom. The van der Waals surface area contributed by atoms with Gasteiger partial charge in [0.2, 0.25) is 11.0 Å². The molecule has 0 spiro atoms. The van der Waals surface area contributed by atoms with Crippen molar-refractivity contribution in [2.75, 3.05) is 5.32 Å². The Hall–Kier alpha value is -2.77. The monoisotopic (exact) mass is 438 g/mol. The van der Waals surface area contributed by atoms with E-state index in [4.69, 9.17) is 4.98 Å². The lowest BCUT2D eigenvalue weighted by molar-refractivity contribution is -0.114. The number of carbonyl (C=O) groups is 1. The molecule has 0 radical (unpaired) electrons. The zero-order chi connectivity index (χ0) is 18.8. The van der Waals surface area contributed by atoms with Gasteiger partial charge in [-0.3, -0.25) is 4.79 Å². The van der Waals surface area contributed by atoms with Crippen LogP contribution in [0.15, 0.2) is 70.5 Å². The normalized spacial score (nSPS) is 10.7. The lowest BCUT2D eigenvalue weighted by atomic mass is 10.1. The van der Waals surface area contributed by atoms with Crippen molar-refractivity contribution >= 4 is 39.0 Å². The molecule has 0 bridgehead atoms. The van der Waals surface area contributed by atoms with Crippen LogP contribution in [0.4, 0.5) is 5.82 Å². The fourth-order valence-corrected chi connectivity index (χ4v) is 3.72. The molecule has 4 aromatic rings. The first-order valence-electron chi connectivity index (χ1n) is 8.25. The van der Waals surface area contributed by atoms with Gasteiger partial charge in [0, 0.05) is 34.0 Å². The number of halogens is 1. The standard InChI is InChI=1S/C20H15BrN4OS/c1-13(26)22-19-11-17(15-7-9-16(21)10-8-15)24-25(19)20-23-18(12-27-20)14-5-3-2-4-6-14/h2-12H,1H3,(H,22,26). The molecular weight excluding hydrogens is 424 g/mol. The minimum Gasteiger partial charge on any atom is -0.311 e. The van der Waals surface area contributed by atoms with Crippen molar-refractivity contribution in [1.29, 1.82) is 0 Å². The summed E-state index contributed by atoms with van der Waals surface area (Å²) in [5.74, 6) is 0.438. The van der Waals surface area contributed by atoms with Crippen molar-refractivity contribution in [3.8, 4) is 27.6 Å². The summed E-state index contributed by atoms with van der Waals surface area (Å²) in [4.78, 5) is 16.3. The number of benzene rings is 2. The molecule has 0 unspecified atom stereocenters. The van der Waals surface area contributed by atoms with Gasteiger partial charge in [0.15, 0.2) is 0 Å². The smallest absolute Gasteiger partial charge is 0.222 e. The molecule has 4 rings (SSSR count). The van der Waals surface area contributed by atoms with Gasteiger partial charge in [-0.15, -0.1) is 11.3 Å². The highest BCUT2D eigenvalue weighted by Gasteiger charge is 2.15. The Morgan fingerprint density at radius 2 is 1.74 bits per heavy atom. The first-order chi connectivity index (χ1) is 13.1. The summed E-state index contributed by atoms with van der Waals surface area (Å²) < 4.78 is 2.68. The van der Waals surface area contributed by atoms with E-state index in [-0.39, 0.29) is 5.91 Å². The zero-order valence-corrected chi connectivity index (χ0v) is 16.8. The second kappa shape index (κ2) is 7.46. The number of hydrogen-bond donors (Lipinski definition) is 1. The molecule has 1 amide bonds. The minimum absolute atomic E-state index is 0.154. The first kappa shape index (κ1) is 17.6. The van der Waals surface area contributed by atoms with E-state index >= 15 is 0 Å². The Kier molecular flexibility index (Phi) is 4.87. The molecule has 0 aliphatic heterocycles. The summed E-state index contributed by atoms with van der Waals surface area (Å²) >= 11 is 4.92. The maximum absolute atomic E-state index is 11.6. The predicted octanol–water partition coefficient (Wildman–Crippen LogP) is 5.38. The number of aromatic nitrogens is 3. The summed E-state index contributed by atoms with van der Waals surface area (Å²) in [6.07, 6.45) is 0. The van der Waals surface area contributed by atoms with Crippen molar-refractivity contribution in [3.05, 3.63) is 70.5 Å². The number of carbonyl (C=O) groups excluding carboxylic acids is 1. The number of nitrogens with one attached hydrogen (secondary N) is 1. The molecule has 0 aliphatic rings. The largest absolute Gasteiger partial charge is 0.311 e. The van der Waals surface area contributed by atoms with Gasteiger partial charge in [-0.25, -0.2) is 4.98 Å². The van der Waals surface area contributed by atoms with Crippen LogP contribution < -0.4 is 5.32 Å². The topological polar surface area (TPSA) is 59.8 Å². The van der Waals surface area contributed by atoms with Gasteiger partial charge in [0.25, 0.3) is 0 Å². The van der Waals surface area contributed by atoms with Crippen LogP contribution in [0.25, 0.3) is 27.6 Å². The van der Waals surface area contributed by atoms with Crippen molar-refractivity contribution < 1.29 is 4.79 Å². The van der Waals surface area contributed by atoms with Crippen LogP contribution in [0.3, 0.4) is 0 Å². The molecule has 134 valence electrons. The Balaban J connectivity index is 1.76. The van der Waals surface area contributed by atoms with Crippen LogP contribution in [0, 0.1) is 0 Å². The second-order valence-corrected chi connectivity index (χ2v) is 7.65. The fourth-order valence-electron chi connectivity index (χ4n) is 2.66. The Labute approximate surface area is 168 Å². The molecule has 0 aliphatic carbocycles. The Morgan fingerprint density at radius 3 is 2.44 bits per heavy atom. The van der Waals surface area contributed by atoms with E-state index < -0.39 is 0 Å². The van der Waals surface area contributed by atoms with E-state index in [0.29, 0.717) is 10.9 Å². The van der Waals surface area contributed by atoms with Crippen molar-refractivity contribution in [3.63, 3.8) is 0 Å². The van der Waals surface area contributed by atoms with Gasteiger partial charge in [-0.1, -0.05) is 58.4 Å². The molecule has 2 aromatic carbocycles. The van der Waals surface area contributed by atoms with E-state index in [0.717, 1.165) is 27.0 Å². The highest BCUT2D eigenvalue weighted by molar-refractivity contribution is 9.10. The molecule has 7 heteroatoms. The third-order valence-electron chi connectivity index (χ3n) is 3.90. The number of anilines is 1. The highest BCUT2D eigenvalue weighted by Crippen LogP contribution is 2.29. The maximum atomic E-state index is 11.6. The van der Waals surface area contributed by atoms with Crippen molar-refractivity contribution in [2.45, 2.75) is 6.92 Å². The van der Waals surface area contributed by atoms with Crippen LogP contribution in [0.2, 0.25) is 0 Å². The molecule has 5 nitrogen and oxygen atoms in total. The van der Waals surface area contributed by atoms with Crippen LogP contribution in [0.5, 0.6) is 0 Å². The highest BCUT2D eigenvalue weighted by atomic mass is 79.9. The minimum atomic E-state index is -0.154. The average molecular weight is 439 g/mol. The predicted molar refractivity (Wildman–Crippen MR) is 112 cm³/mol. The van der Waals surface area contributed by atoms with Crippen LogP contribution in [-0.4, -0.2) is 20.7 Å². The molecule has 0 saturated carbocycles. The van der Waals surface area contributed by atoms with Crippen LogP contribution >= 0.6 is 27.3 Å². The van der Waals surface area contributed by atoms with E-state index in [2.05, 4.69) is 26.3 Å². The first-order valence-corrected chi connectivity index (χ1v) is 9.92. The lowest BCUT2D eigenvalue weighted by Gasteiger charge is -2.03. The van der Waals surface area contributed by atoms with Crippen LogP contribution in [0.1, 0.15) is 6.92 Å². The lowest BCUT2D eigenvalue weighted by Crippen LogP contribution is -2.10. The van der Waals surface area contributed by atoms with Gasteiger partial charge in [0.05, 0.1) is 11.4 Å². The van der Waals surface area contributed by atoms with Gasteiger partial charge >= 0.3 is 0 Å². The quantitative estimate of drug-likeness (QED) is 0.464. The third-order valence-corrected chi connectivity index (χ3v) is 5.24. The summed E-state index contributed by atoms with van der Waals surface area (Å²) in [7, 11) is 0. The molecule has 2 heterocycles. The SMILES string of the molecule is CC(=O)Nc1cc(-c2ccc(Br)cc2)nn1-c1nc(-c2ccccc2)cs1. The summed E-state index contributed by atoms with van der Waals surface area (Å²) in [6.45, 7) is 1.48. The number of rotatable bonds is 4. The number of thiazole rings is 1. The molecule has 27 heavy (non-hydrogen) atoms. The number of nitrogens with zero attached hydrogens (tertiary/aromatic N) is 3. The third kappa shape index (κ3) is 3.84. The Bertz CT molecular complexity index is 1090. The van der Waals surface area contributed by atoms with E-state index in [1.165, 1.54) is 18.3 Å². The maximum Gasteiger partial charge on any atom is 0.222 e. The molecule has 1 N–H and O–H groups in total. The second-order valence-electron chi connectivity index (χ2n) is 5.90. The molecule has 2 aromatic heterocycles.